The molecule has 1 aliphatic heterocycles. The quantitative estimate of drug-likeness (QED) is 0.678. The molecule has 0 bridgehead atoms. The minimum Gasteiger partial charge on any atom is -0.481 e. The molecular formula is C18H20N4O5. The molecule has 0 atom stereocenters. The number of para-hydroxylation sites is 1. The lowest BCUT2D eigenvalue weighted by Crippen LogP contribution is -2.46. The topological polar surface area (TPSA) is 137 Å². The summed E-state index contributed by atoms with van der Waals surface area (Å²) in [6.45, 7) is 0.613. The summed E-state index contributed by atoms with van der Waals surface area (Å²) in [6, 6.07) is 10.1. The average Bonchev–Trinajstić information content (AvgIpc) is 3.13. The van der Waals surface area contributed by atoms with Crippen molar-refractivity contribution in [1.82, 2.24) is 15.1 Å². The molecule has 0 unspecified atom stereocenters. The molecule has 2 amide bonds. The Morgan fingerprint density at radius 2 is 1.89 bits per heavy atom. The van der Waals surface area contributed by atoms with Crippen LogP contribution in [-0.4, -0.2) is 52.4 Å². The minimum absolute atomic E-state index is 0.0137. The van der Waals surface area contributed by atoms with Gasteiger partial charge in [0.2, 0.25) is 0 Å². The first-order chi connectivity index (χ1) is 12.9. The van der Waals surface area contributed by atoms with Crippen LogP contribution in [0.15, 0.2) is 36.4 Å². The number of benzene rings is 1. The first kappa shape index (κ1) is 18.6. The van der Waals surface area contributed by atoms with Crippen LogP contribution < -0.4 is 11.1 Å². The van der Waals surface area contributed by atoms with Crippen LogP contribution in [0.2, 0.25) is 0 Å². The molecule has 27 heavy (non-hydrogen) atoms. The molecule has 2 heterocycles. The van der Waals surface area contributed by atoms with Crippen molar-refractivity contribution in [3.8, 4) is 5.69 Å². The van der Waals surface area contributed by atoms with Gasteiger partial charge in [0.15, 0.2) is 5.69 Å². The van der Waals surface area contributed by atoms with E-state index in [2.05, 4.69) is 10.4 Å². The number of primary amides is 1. The number of nitrogens with one attached hydrogen (secondary N) is 1. The summed E-state index contributed by atoms with van der Waals surface area (Å²) in [5, 5.41) is 16.3. The van der Waals surface area contributed by atoms with Crippen LogP contribution >= 0.6 is 0 Å². The van der Waals surface area contributed by atoms with Crippen molar-refractivity contribution in [3.05, 3.63) is 47.8 Å². The maximum absolute atomic E-state index is 12.5. The van der Waals surface area contributed by atoms with Gasteiger partial charge in [0.25, 0.3) is 11.8 Å². The summed E-state index contributed by atoms with van der Waals surface area (Å²) in [5.74, 6) is -2.27. The molecule has 9 nitrogen and oxygen atoms in total. The summed E-state index contributed by atoms with van der Waals surface area (Å²) in [6.07, 6.45) is 0.626. The Balaban J connectivity index is 1.81. The lowest BCUT2D eigenvalue weighted by atomic mass is 9.80. The van der Waals surface area contributed by atoms with Gasteiger partial charge in [-0.3, -0.25) is 14.4 Å². The van der Waals surface area contributed by atoms with E-state index >= 15 is 0 Å². The van der Waals surface area contributed by atoms with Gasteiger partial charge in [0.1, 0.15) is 5.69 Å². The van der Waals surface area contributed by atoms with E-state index in [-0.39, 0.29) is 17.9 Å². The van der Waals surface area contributed by atoms with Gasteiger partial charge >= 0.3 is 5.97 Å². The van der Waals surface area contributed by atoms with Crippen LogP contribution in [0.3, 0.4) is 0 Å². The number of aliphatic carboxylic acids is 1. The third kappa shape index (κ3) is 3.82. The van der Waals surface area contributed by atoms with Crippen molar-refractivity contribution in [1.29, 1.82) is 0 Å². The van der Waals surface area contributed by atoms with E-state index in [4.69, 9.17) is 10.5 Å². The molecule has 2 aromatic rings. The van der Waals surface area contributed by atoms with Crippen LogP contribution in [-0.2, 0) is 9.53 Å². The fourth-order valence-electron chi connectivity index (χ4n) is 3.00. The second-order valence-corrected chi connectivity index (χ2v) is 6.41. The Kier molecular flexibility index (Phi) is 5.22. The molecule has 1 saturated heterocycles. The van der Waals surface area contributed by atoms with Crippen molar-refractivity contribution in [2.45, 2.75) is 12.8 Å². The Hall–Kier alpha value is -3.20. The van der Waals surface area contributed by atoms with Crippen LogP contribution in [0.25, 0.3) is 5.69 Å². The molecular weight excluding hydrogens is 352 g/mol. The Labute approximate surface area is 155 Å². The molecule has 0 spiro atoms. The summed E-state index contributed by atoms with van der Waals surface area (Å²) < 4.78 is 6.51. The number of rotatable bonds is 6. The molecule has 1 aromatic carbocycles. The van der Waals surface area contributed by atoms with Gasteiger partial charge in [-0.05, 0) is 25.0 Å². The number of hydrogen-bond donors (Lipinski definition) is 3. The molecule has 0 aliphatic carbocycles. The zero-order valence-corrected chi connectivity index (χ0v) is 14.6. The highest BCUT2D eigenvalue weighted by Crippen LogP contribution is 2.30. The predicted octanol–water partition coefficient (Wildman–Crippen LogP) is 0.582. The SMILES string of the molecule is NC(=O)c1cc(C(=O)NCC2(C(=O)O)CCOCC2)nn1-c1ccccc1. The van der Waals surface area contributed by atoms with Crippen molar-refractivity contribution < 1.29 is 24.2 Å². The second-order valence-electron chi connectivity index (χ2n) is 6.41. The Bertz CT molecular complexity index is 856. The number of carbonyl (C=O) groups excluding carboxylic acids is 2. The third-order valence-electron chi connectivity index (χ3n) is 4.69. The largest absolute Gasteiger partial charge is 0.481 e. The van der Waals surface area contributed by atoms with Crippen LogP contribution in [0.5, 0.6) is 0 Å². The smallest absolute Gasteiger partial charge is 0.311 e. The second kappa shape index (κ2) is 7.58. The summed E-state index contributed by atoms with van der Waals surface area (Å²) >= 11 is 0. The minimum atomic E-state index is -1.07. The number of aromatic nitrogens is 2. The average molecular weight is 372 g/mol. The molecule has 142 valence electrons. The number of amides is 2. The van der Waals surface area contributed by atoms with Crippen molar-refractivity contribution >= 4 is 17.8 Å². The molecule has 3 rings (SSSR count). The number of carboxylic acid groups (broad SMARTS) is 1. The van der Waals surface area contributed by atoms with Gasteiger partial charge in [-0.2, -0.15) is 5.10 Å². The van der Waals surface area contributed by atoms with Gasteiger partial charge in [0.05, 0.1) is 11.1 Å². The highest BCUT2D eigenvalue weighted by molar-refractivity contribution is 5.97. The zero-order chi connectivity index (χ0) is 19.4. The monoisotopic (exact) mass is 372 g/mol. The van der Waals surface area contributed by atoms with E-state index in [1.165, 1.54) is 10.7 Å². The highest BCUT2D eigenvalue weighted by Gasteiger charge is 2.40. The highest BCUT2D eigenvalue weighted by atomic mass is 16.5. The number of nitrogens with zero attached hydrogens (tertiary/aromatic N) is 2. The number of carboxylic acids is 1. The maximum atomic E-state index is 12.5. The first-order valence-corrected chi connectivity index (χ1v) is 8.48. The number of carbonyl (C=O) groups is 3. The van der Waals surface area contributed by atoms with E-state index in [1.807, 2.05) is 6.07 Å². The zero-order valence-electron chi connectivity index (χ0n) is 14.6. The molecule has 0 radical (unpaired) electrons. The van der Waals surface area contributed by atoms with Crippen molar-refractivity contribution in [2.24, 2.45) is 11.1 Å². The van der Waals surface area contributed by atoms with Gasteiger partial charge in [-0.1, -0.05) is 18.2 Å². The molecule has 4 N–H and O–H groups in total. The standard InChI is InChI=1S/C18H20N4O5/c19-15(23)14-10-13(21-22(14)12-4-2-1-3-5-12)16(24)20-11-18(17(25)26)6-8-27-9-7-18/h1-5,10H,6-9,11H2,(H2,19,23)(H,20,24)(H,25,26). The molecule has 1 fully saturated rings. The van der Waals surface area contributed by atoms with Crippen molar-refractivity contribution in [3.63, 3.8) is 0 Å². The summed E-state index contributed by atoms with van der Waals surface area (Å²) in [5.41, 5.74) is 4.95. The van der Waals surface area contributed by atoms with Crippen LogP contribution in [0, 0.1) is 5.41 Å². The Morgan fingerprint density at radius 1 is 1.22 bits per heavy atom. The first-order valence-electron chi connectivity index (χ1n) is 8.48. The van der Waals surface area contributed by atoms with Gasteiger partial charge < -0.3 is 20.9 Å². The summed E-state index contributed by atoms with van der Waals surface area (Å²) in [7, 11) is 0. The number of hydrogen-bond acceptors (Lipinski definition) is 5. The Morgan fingerprint density at radius 3 is 2.48 bits per heavy atom. The molecule has 1 aliphatic rings. The van der Waals surface area contributed by atoms with Crippen LogP contribution in [0.1, 0.15) is 33.8 Å². The van der Waals surface area contributed by atoms with E-state index in [1.54, 1.807) is 24.3 Å². The van der Waals surface area contributed by atoms with E-state index in [9.17, 15) is 19.5 Å². The lowest BCUT2D eigenvalue weighted by Gasteiger charge is -2.32. The van der Waals surface area contributed by atoms with Crippen molar-refractivity contribution in [2.75, 3.05) is 19.8 Å². The van der Waals surface area contributed by atoms with Gasteiger partial charge in [-0.25, -0.2) is 4.68 Å². The molecule has 0 saturated carbocycles. The number of nitrogens with two attached hydrogens (primary N) is 1. The van der Waals surface area contributed by atoms with E-state index in [0.717, 1.165) is 0 Å². The van der Waals surface area contributed by atoms with Crippen LogP contribution in [0.4, 0.5) is 0 Å². The number of ether oxygens (including phenoxy) is 1. The molecule has 9 heteroatoms. The van der Waals surface area contributed by atoms with E-state index < -0.39 is 23.2 Å². The summed E-state index contributed by atoms with van der Waals surface area (Å²) in [4.78, 5) is 35.9. The molecule has 1 aromatic heterocycles. The van der Waals surface area contributed by atoms with Gasteiger partial charge in [-0.15, -0.1) is 0 Å². The fourth-order valence-corrected chi connectivity index (χ4v) is 3.00. The predicted molar refractivity (Wildman–Crippen MR) is 94.5 cm³/mol. The maximum Gasteiger partial charge on any atom is 0.311 e. The van der Waals surface area contributed by atoms with E-state index in [0.29, 0.717) is 31.7 Å². The van der Waals surface area contributed by atoms with Gasteiger partial charge in [0, 0.05) is 25.8 Å². The fraction of sp³-hybridized carbons (Fsp3) is 0.333. The third-order valence-corrected chi connectivity index (χ3v) is 4.69. The normalized spacial score (nSPS) is 15.9. The lowest BCUT2D eigenvalue weighted by molar-refractivity contribution is -0.154.